The van der Waals surface area contributed by atoms with Crippen molar-refractivity contribution in [2.45, 2.75) is 18.6 Å². The first-order valence-electron chi connectivity index (χ1n) is 10.9. The number of nitrogens with zero attached hydrogens (tertiary/aromatic N) is 4. The van der Waals surface area contributed by atoms with E-state index in [1.54, 1.807) is 38.2 Å². The molecule has 0 fully saturated rings. The molecule has 0 aliphatic rings. The van der Waals surface area contributed by atoms with Crippen molar-refractivity contribution in [2.75, 3.05) is 22.9 Å². The first kappa shape index (κ1) is 24.0. The molecule has 0 saturated heterocycles. The highest BCUT2D eigenvalue weighted by atomic mass is 32.2. The molecule has 0 saturated carbocycles. The van der Waals surface area contributed by atoms with Crippen LogP contribution in [0.1, 0.15) is 12.5 Å². The van der Waals surface area contributed by atoms with Gasteiger partial charge in [0.2, 0.25) is 5.91 Å². The van der Waals surface area contributed by atoms with E-state index in [1.807, 2.05) is 30.3 Å². The van der Waals surface area contributed by atoms with Crippen molar-refractivity contribution in [3.05, 3.63) is 91.4 Å². The lowest BCUT2D eigenvalue weighted by molar-refractivity contribution is -0.116. The van der Waals surface area contributed by atoms with E-state index < -0.39 is 17.2 Å². The third kappa shape index (κ3) is 4.76. The zero-order valence-electron chi connectivity index (χ0n) is 19.2. The number of carbonyl (C=O) groups is 1. The van der Waals surface area contributed by atoms with Gasteiger partial charge in [0.1, 0.15) is 5.82 Å². The van der Waals surface area contributed by atoms with Crippen molar-refractivity contribution in [1.29, 1.82) is 0 Å². The van der Waals surface area contributed by atoms with Gasteiger partial charge in [-0.3, -0.25) is 28.5 Å². The number of carbonyl (C=O) groups excluding carboxylic acids is 1. The zero-order chi connectivity index (χ0) is 25.1. The van der Waals surface area contributed by atoms with Gasteiger partial charge in [0, 0.05) is 13.6 Å². The average Bonchev–Trinajstić information content (AvgIpc) is 2.86. The Hall–Kier alpha value is -4.12. The van der Waals surface area contributed by atoms with Crippen LogP contribution >= 0.6 is 11.8 Å². The van der Waals surface area contributed by atoms with Gasteiger partial charge in [0.25, 0.3) is 11.1 Å². The number of amides is 1. The second-order valence-electron chi connectivity index (χ2n) is 7.77. The summed E-state index contributed by atoms with van der Waals surface area (Å²) >= 11 is 1.08. The van der Waals surface area contributed by atoms with E-state index in [0.29, 0.717) is 16.1 Å². The maximum atomic E-state index is 13.2. The van der Waals surface area contributed by atoms with E-state index in [-0.39, 0.29) is 35.9 Å². The molecule has 11 heteroatoms. The number of para-hydroxylation sites is 1. The molecule has 0 aliphatic heterocycles. The Bertz CT molecular complexity index is 1580. The Labute approximate surface area is 204 Å². The number of nitrogen functional groups attached to an aromatic ring is 1. The van der Waals surface area contributed by atoms with Gasteiger partial charge in [-0.15, -0.1) is 0 Å². The second-order valence-corrected chi connectivity index (χ2v) is 8.71. The van der Waals surface area contributed by atoms with Crippen molar-refractivity contribution < 1.29 is 4.79 Å². The molecule has 10 nitrogen and oxygen atoms in total. The Kier molecular flexibility index (Phi) is 6.87. The predicted octanol–water partition coefficient (Wildman–Crippen LogP) is 1.56. The number of H-pyrrole nitrogens is 1. The molecule has 3 N–H and O–H groups in total. The van der Waals surface area contributed by atoms with Gasteiger partial charge in [0.15, 0.2) is 10.8 Å². The molecular formula is C24H24N6O4S. The number of fused-ring (bicyclic) bond motifs is 1. The lowest BCUT2D eigenvalue weighted by Crippen LogP contribution is -2.42. The third-order valence-electron chi connectivity index (χ3n) is 5.55. The van der Waals surface area contributed by atoms with E-state index in [0.717, 1.165) is 17.3 Å². The van der Waals surface area contributed by atoms with Gasteiger partial charge in [-0.2, -0.15) is 0 Å². The number of benzene rings is 2. The van der Waals surface area contributed by atoms with Crippen molar-refractivity contribution in [3.8, 4) is 0 Å². The van der Waals surface area contributed by atoms with Crippen LogP contribution in [0, 0.1) is 0 Å². The summed E-state index contributed by atoms with van der Waals surface area (Å²) in [5, 5.41) is 0.856. The van der Waals surface area contributed by atoms with E-state index in [1.165, 1.54) is 14.0 Å². The lowest BCUT2D eigenvalue weighted by Gasteiger charge is -2.23. The van der Waals surface area contributed by atoms with Gasteiger partial charge >= 0.3 is 5.69 Å². The van der Waals surface area contributed by atoms with Gasteiger partial charge in [0.05, 0.1) is 23.2 Å². The van der Waals surface area contributed by atoms with Crippen LogP contribution in [0.4, 0.5) is 11.5 Å². The van der Waals surface area contributed by atoms with Gasteiger partial charge in [-0.25, -0.2) is 9.78 Å². The van der Waals surface area contributed by atoms with Gasteiger partial charge in [-0.1, -0.05) is 54.2 Å². The Balaban J connectivity index is 1.63. The van der Waals surface area contributed by atoms with Crippen molar-refractivity contribution in [2.24, 2.45) is 7.05 Å². The normalized spacial score (nSPS) is 11.0. The number of rotatable bonds is 7. The Morgan fingerprint density at radius 2 is 1.77 bits per heavy atom. The van der Waals surface area contributed by atoms with Crippen LogP contribution in [0.15, 0.2) is 74.1 Å². The topological polar surface area (TPSA) is 136 Å². The third-order valence-corrected chi connectivity index (χ3v) is 6.57. The lowest BCUT2D eigenvalue weighted by atomic mass is 10.2. The molecule has 2 aromatic carbocycles. The van der Waals surface area contributed by atoms with E-state index in [2.05, 4.69) is 9.97 Å². The number of aromatic nitrogens is 4. The summed E-state index contributed by atoms with van der Waals surface area (Å²) in [7, 11) is 1.59. The quantitative estimate of drug-likeness (QED) is 0.295. The predicted molar refractivity (Wildman–Crippen MR) is 137 cm³/mol. The monoisotopic (exact) mass is 492 g/mol. The van der Waals surface area contributed by atoms with Crippen LogP contribution < -0.4 is 27.4 Å². The summed E-state index contributed by atoms with van der Waals surface area (Å²) in [6, 6.07) is 16.1. The zero-order valence-corrected chi connectivity index (χ0v) is 20.0. The molecule has 4 rings (SSSR count). The second kappa shape index (κ2) is 10.0. The summed E-state index contributed by atoms with van der Waals surface area (Å²) in [6.45, 7) is 2.00. The minimum atomic E-state index is -0.742. The number of hydrogen-bond acceptors (Lipinski definition) is 7. The van der Waals surface area contributed by atoms with Crippen LogP contribution in [-0.2, 0) is 18.4 Å². The standard InChI is InChI=1S/C24H24N6O4S/c1-3-29(18(31)14-35-24-26-17-12-8-7-11-16(17)22(33)28(24)2)19-20(25)30(23(34)27-21(19)32)13-15-9-5-4-6-10-15/h4-12H,3,13-14,25H2,1-2H3,(H,27,32,34). The average molecular weight is 493 g/mol. The fraction of sp³-hybridized carbons (Fsp3) is 0.208. The van der Waals surface area contributed by atoms with Crippen molar-refractivity contribution in [3.63, 3.8) is 0 Å². The number of hydrogen-bond donors (Lipinski definition) is 2. The molecule has 0 bridgehead atoms. The smallest absolute Gasteiger partial charge is 0.330 e. The molecule has 0 atom stereocenters. The molecule has 0 spiro atoms. The molecule has 180 valence electrons. The van der Waals surface area contributed by atoms with E-state index in [9.17, 15) is 19.2 Å². The number of anilines is 2. The van der Waals surface area contributed by atoms with Crippen molar-refractivity contribution in [1.82, 2.24) is 19.1 Å². The highest BCUT2D eigenvalue weighted by Gasteiger charge is 2.24. The number of thioether (sulfide) groups is 1. The van der Waals surface area contributed by atoms with Crippen LogP contribution in [0.2, 0.25) is 0 Å². The molecule has 2 aromatic heterocycles. The fourth-order valence-electron chi connectivity index (χ4n) is 3.75. The minimum Gasteiger partial charge on any atom is -0.383 e. The van der Waals surface area contributed by atoms with Gasteiger partial charge in [-0.05, 0) is 24.6 Å². The molecular weight excluding hydrogens is 468 g/mol. The molecule has 0 aliphatic carbocycles. The van der Waals surface area contributed by atoms with Gasteiger partial charge < -0.3 is 10.6 Å². The number of nitrogens with two attached hydrogens (primary N) is 1. The largest absolute Gasteiger partial charge is 0.383 e. The Morgan fingerprint density at radius 3 is 2.49 bits per heavy atom. The molecule has 0 radical (unpaired) electrons. The Morgan fingerprint density at radius 1 is 1.09 bits per heavy atom. The molecule has 35 heavy (non-hydrogen) atoms. The molecule has 4 aromatic rings. The van der Waals surface area contributed by atoms with Crippen LogP contribution in [0.5, 0.6) is 0 Å². The summed E-state index contributed by atoms with van der Waals surface area (Å²) in [6.07, 6.45) is 0. The summed E-state index contributed by atoms with van der Waals surface area (Å²) in [5.41, 5.74) is 5.89. The molecule has 2 heterocycles. The molecule has 0 unspecified atom stereocenters. The SMILES string of the molecule is CCN(C(=O)CSc1nc2ccccc2c(=O)n1C)c1c(N)n(Cc2ccccc2)c(=O)[nH]c1=O. The summed E-state index contributed by atoms with van der Waals surface area (Å²) < 4.78 is 2.61. The van der Waals surface area contributed by atoms with Crippen LogP contribution in [0.3, 0.4) is 0 Å². The fourth-order valence-corrected chi connectivity index (χ4v) is 4.60. The highest BCUT2D eigenvalue weighted by Crippen LogP contribution is 2.21. The maximum absolute atomic E-state index is 13.2. The highest BCUT2D eigenvalue weighted by molar-refractivity contribution is 7.99. The van der Waals surface area contributed by atoms with Crippen molar-refractivity contribution >= 4 is 40.1 Å². The summed E-state index contributed by atoms with van der Waals surface area (Å²) in [5.74, 6) is -0.607. The van der Waals surface area contributed by atoms with Crippen LogP contribution in [0.25, 0.3) is 10.9 Å². The number of nitrogens with one attached hydrogen (secondary N) is 1. The molecule has 1 amide bonds. The van der Waals surface area contributed by atoms with Crippen LogP contribution in [-0.4, -0.2) is 37.3 Å². The van der Waals surface area contributed by atoms with E-state index >= 15 is 0 Å². The maximum Gasteiger partial charge on any atom is 0.330 e. The summed E-state index contributed by atoms with van der Waals surface area (Å²) in [4.78, 5) is 58.9. The first-order chi connectivity index (χ1) is 16.8. The minimum absolute atomic E-state index is 0.0889. The van der Waals surface area contributed by atoms with E-state index in [4.69, 9.17) is 5.73 Å². The number of aromatic amines is 1. The first-order valence-corrected chi connectivity index (χ1v) is 11.9.